The maximum Gasteiger partial charge on any atom is 0.220 e. The topological polar surface area (TPSA) is 55.1 Å². The van der Waals surface area contributed by atoms with Crippen LogP contribution >= 0.6 is 15.9 Å². The van der Waals surface area contributed by atoms with E-state index in [2.05, 4.69) is 54.2 Å². The molecule has 0 bridgehead atoms. The number of carbonyl (C=O) groups excluding carboxylic acids is 1. The predicted molar refractivity (Wildman–Crippen MR) is 87.7 cm³/mol. The average molecular weight is 341 g/mol. The van der Waals surface area contributed by atoms with Gasteiger partial charge in [0.25, 0.3) is 0 Å². The van der Waals surface area contributed by atoms with E-state index in [1.165, 1.54) is 11.1 Å². The van der Waals surface area contributed by atoms with Crippen LogP contribution < -0.4 is 11.1 Å². The Morgan fingerprint density at radius 3 is 2.50 bits per heavy atom. The first-order chi connectivity index (χ1) is 9.46. The summed E-state index contributed by atoms with van der Waals surface area (Å²) in [5.74, 6) is 0.0831. The van der Waals surface area contributed by atoms with E-state index in [-0.39, 0.29) is 11.4 Å². The fourth-order valence-electron chi connectivity index (χ4n) is 2.24. The van der Waals surface area contributed by atoms with Gasteiger partial charge < -0.3 is 11.1 Å². The number of halogens is 1. The fraction of sp³-hybridized carbons (Fsp3) is 0.562. The number of hydrogen-bond acceptors (Lipinski definition) is 2. The number of hydrogen-bond donors (Lipinski definition) is 2. The Morgan fingerprint density at radius 2 is 2.00 bits per heavy atom. The molecule has 0 saturated carbocycles. The van der Waals surface area contributed by atoms with Crippen LogP contribution in [0.3, 0.4) is 0 Å². The normalized spacial score (nSPS) is 11.4. The first-order valence-electron chi connectivity index (χ1n) is 7.22. The number of benzene rings is 1. The molecule has 0 aliphatic heterocycles. The van der Waals surface area contributed by atoms with Gasteiger partial charge in [-0.2, -0.15) is 0 Å². The quantitative estimate of drug-likeness (QED) is 0.799. The van der Waals surface area contributed by atoms with Crippen molar-refractivity contribution in [2.75, 3.05) is 6.54 Å². The summed E-state index contributed by atoms with van der Waals surface area (Å²) >= 11 is 3.48. The zero-order valence-corrected chi connectivity index (χ0v) is 14.2. The SMILES string of the molecule is CCC(CC)(CN)NC(=O)CCc1ccc(Br)c(C)c1. The summed E-state index contributed by atoms with van der Waals surface area (Å²) in [4.78, 5) is 12.1. The van der Waals surface area contributed by atoms with Crippen molar-refractivity contribution in [1.82, 2.24) is 5.32 Å². The monoisotopic (exact) mass is 340 g/mol. The minimum Gasteiger partial charge on any atom is -0.349 e. The number of nitrogens with two attached hydrogens (primary N) is 1. The number of amides is 1. The summed E-state index contributed by atoms with van der Waals surface area (Å²) in [6, 6.07) is 6.21. The van der Waals surface area contributed by atoms with Crippen molar-refractivity contribution in [3.63, 3.8) is 0 Å². The first-order valence-corrected chi connectivity index (χ1v) is 8.01. The van der Waals surface area contributed by atoms with Gasteiger partial charge in [-0.3, -0.25) is 4.79 Å². The Labute approximate surface area is 130 Å². The van der Waals surface area contributed by atoms with Gasteiger partial charge in [-0.25, -0.2) is 0 Å². The van der Waals surface area contributed by atoms with E-state index >= 15 is 0 Å². The molecule has 1 aromatic rings. The highest BCUT2D eigenvalue weighted by atomic mass is 79.9. The van der Waals surface area contributed by atoms with Crippen molar-refractivity contribution < 1.29 is 4.79 Å². The van der Waals surface area contributed by atoms with Crippen LogP contribution in [0.25, 0.3) is 0 Å². The van der Waals surface area contributed by atoms with Gasteiger partial charge in [0.15, 0.2) is 0 Å². The molecule has 0 aliphatic carbocycles. The standard InChI is InChI=1S/C16H25BrN2O/c1-4-16(5-2,11-18)19-15(20)9-7-13-6-8-14(17)12(3)10-13/h6,8,10H,4-5,7,9,11,18H2,1-3H3,(H,19,20). The van der Waals surface area contributed by atoms with Crippen LogP contribution in [0.5, 0.6) is 0 Å². The number of rotatable bonds is 7. The summed E-state index contributed by atoms with van der Waals surface area (Å²) < 4.78 is 1.10. The van der Waals surface area contributed by atoms with E-state index in [1.54, 1.807) is 0 Å². The third-order valence-corrected chi connectivity index (χ3v) is 4.90. The summed E-state index contributed by atoms with van der Waals surface area (Å²) in [5.41, 5.74) is 7.94. The van der Waals surface area contributed by atoms with Crippen LogP contribution in [-0.2, 0) is 11.2 Å². The van der Waals surface area contributed by atoms with E-state index in [0.717, 1.165) is 23.7 Å². The zero-order chi connectivity index (χ0) is 15.2. The molecule has 1 rings (SSSR count). The molecule has 1 aromatic carbocycles. The van der Waals surface area contributed by atoms with E-state index in [4.69, 9.17) is 5.73 Å². The van der Waals surface area contributed by atoms with Crippen molar-refractivity contribution in [1.29, 1.82) is 0 Å². The molecule has 0 radical (unpaired) electrons. The van der Waals surface area contributed by atoms with Gasteiger partial charge in [0, 0.05) is 17.4 Å². The molecular formula is C16H25BrN2O. The molecule has 0 heterocycles. The fourth-order valence-corrected chi connectivity index (χ4v) is 2.49. The first kappa shape index (κ1) is 17.2. The van der Waals surface area contributed by atoms with Gasteiger partial charge in [0.1, 0.15) is 0 Å². The lowest BCUT2D eigenvalue weighted by molar-refractivity contribution is -0.123. The molecule has 1 amide bonds. The third-order valence-electron chi connectivity index (χ3n) is 4.01. The molecule has 3 nitrogen and oxygen atoms in total. The maximum absolute atomic E-state index is 12.1. The average Bonchev–Trinajstić information content (AvgIpc) is 2.46. The molecule has 20 heavy (non-hydrogen) atoms. The lowest BCUT2D eigenvalue weighted by Crippen LogP contribution is -2.52. The minimum atomic E-state index is -0.243. The molecule has 112 valence electrons. The van der Waals surface area contributed by atoms with Crippen LogP contribution in [0, 0.1) is 6.92 Å². The molecule has 0 fully saturated rings. The van der Waals surface area contributed by atoms with Gasteiger partial charge in [-0.1, -0.05) is 41.9 Å². The molecule has 4 heteroatoms. The molecular weight excluding hydrogens is 316 g/mol. The summed E-state index contributed by atoms with van der Waals surface area (Å²) in [5, 5.41) is 3.10. The Bertz CT molecular complexity index is 448. The number of carbonyl (C=O) groups is 1. The molecule has 0 aromatic heterocycles. The maximum atomic E-state index is 12.1. The van der Waals surface area contributed by atoms with Gasteiger partial charge in [-0.05, 0) is 43.4 Å². The summed E-state index contributed by atoms with van der Waals surface area (Å²) in [7, 11) is 0. The lowest BCUT2D eigenvalue weighted by Gasteiger charge is -2.31. The van der Waals surface area contributed by atoms with Gasteiger partial charge in [0.2, 0.25) is 5.91 Å². The van der Waals surface area contributed by atoms with Crippen LogP contribution in [0.1, 0.15) is 44.2 Å². The van der Waals surface area contributed by atoms with Gasteiger partial charge >= 0.3 is 0 Å². The van der Waals surface area contributed by atoms with Gasteiger partial charge in [0.05, 0.1) is 5.54 Å². The van der Waals surface area contributed by atoms with Crippen molar-refractivity contribution in [3.8, 4) is 0 Å². The van der Waals surface area contributed by atoms with Crippen molar-refractivity contribution in [3.05, 3.63) is 33.8 Å². The number of aryl methyl sites for hydroxylation is 2. The largest absolute Gasteiger partial charge is 0.349 e. The molecule has 0 aliphatic rings. The Hall–Kier alpha value is -0.870. The lowest BCUT2D eigenvalue weighted by atomic mass is 9.92. The highest BCUT2D eigenvalue weighted by Gasteiger charge is 2.25. The molecule has 3 N–H and O–H groups in total. The van der Waals surface area contributed by atoms with Crippen molar-refractivity contribution in [2.24, 2.45) is 5.73 Å². The Kier molecular flexibility index (Phi) is 6.69. The van der Waals surface area contributed by atoms with E-state index in [0.29, 0.717) is 13.0 Å². The van der Waals surface area contributed by atoms with Crippen LogP contribution in [0.4, 0.5) is 0 Å². The van der Waals surface area contributed by atoms with Crippen molar-refractivity contribution in [2.45, 2.75) is 52.0 Å². The molecule has 0 spiro atoms. The summed E-state index contributed by atoms with van der Waals surface area (Å²) in [6.45, 7) is 6.67. The van der Waals surface area contributed by atoms with Crippen LogP contribution in [0.2, 0.25) is 0 Å². The highest BCUT2D eigenvalue weighted by molar-refractivity contribution is 9.10. The molecule has 0 atom stereocenters. The Morgan fingerprint density at radius 1 is 1.35 bits per heavy atom. The molecule has 0 saturated heterocycles. The number of nitrogens with one attached hydrogen (secondary N) is 1. The predicted octanol–water partition coefficient (Wildman–Crippen LogP) is 3.32. The second-order valence-electron chi connectivity index (χ2n) is 5.32. The van der Waals surface area contributed by atoms with Crippen LogP contribution in [-0.4, -0.2) is 18.0 Å². The third kappa shape index (κ3) is 4.60. The van der Waals surface area contributed by atoms with Gasteiger partial charge in [-0.15, -0.1) is 0 Å². The summed E-state index contributed by atoms with van der Waals surface area (Å²) in [6.07, 6.45) is 2.99. The second-order valence-corrected chi connectivity index (χ2v) is 6.18. The van der Waals surface area contributed by atoms with Crippen molar-refractivity contribution >= 4 is 21.8 Å². The van der Waals surface area contributed by atoms with E-state index in [9.17, 15) is 4.79 Å². The highest BCUT2D eigenvalue weighted by Crippen LogP contribution is 2.18. The Balaban J connectivity index is 2.56. The molecule has 0 unspecified atom stereocenters. The van der Waals surface area contributed by atoms with E-state index < -0.39 is 0 Å². The smallest absolute Gasteiger partial charge is 0.220 e. The minimum absolute atomic E-state index is 0.0831. The van der Waals surface area contributed by atoms with Crippen LogP contribution in [0.15, 0.2) is 22.7 Å². The zero-order valence-electron chi connectivity index (χ0n) is 12.6. The van der Waals surface area contributed by atoms with E-state index in [1.807, 2.05) is 6.07 Å². The second kappa shape index (κ2) is 7.79.